The Morgan fingerprint density at radius 1 is 1.33 bits per heavy atom. The average molecular weight is 369 g/mol. The molecule has 128 valence electrons. The van der Waals surface area contributed by atoms with E-state index in [0.717, 1.165) is 0 Å². The Labute approximate surface area is 148 Å². The van der Waals surface area contributed by atoms with Gasteiger partial charge in [-0.25, -0.2) is 0 Å². The quantitative estimate of drug-likeness (QED) is 0.707. The molecule has 0 radical (unpaired) electrons. The molecule has 1 aromatic carbocycles. The minimum absolute atomic E-state index is 0.0908. The molecule has 0 spiro atoms. The standard InChI is InChI=1S/C16H17ClN2O4S/c1-16(22,13-4-3-7-24-13)9-18-14(20)15(21)19-11-8-10(17)5-6-12(11)23-2/h3-8,22H,9H2,1-2H3,(H,18,20)(H,19,21)/t16-/m0/s1. The number of halogens is 1. The number of hydrogen-bond donors (Lipinski definition) is 3. The molecule has 0 fully saturated rings. The number of thiophene rings is 1. The van der Waals surface area contributed by atoms with Gasteiger partial charge in [0, 0.05) is 9.90 Å². The maximum Gasteiger partial charge on any atom is 0.313 e. The Balaban J connectivity index is 1.98. The molecule has 1 atom stereocenters. The topological polar surface area (TPSA) is 87.7 Å². The van der Waals surface area contributed by atoms with Gasteiger partial charge < -0.3 is 20.5 Å². The molecule has 2 rings (SSSR count). The lowest BCUT2D eigenvalue weighted by Gasteiger charge is -2.22. The molecule has 1 heterocycles. The van der Waals surface area contributed by atoms with Crippen LogP contribution in [0.2, 0.25) is 5.02 Å². The van der Waals surface area contributed by atoms with Gasteiger partial charge in [0.15, 0.2) is 0 Å². The van der Waals surface area contributed by atoms with Crippen molar-refractivity contribution in [1.29, 1.82) is 0 Å². The SMILES string of the molecule is COc1ccc(Cl)cc1NC(=O)C(=O)NC[C@](C)(O)c1cccs1. The smallest absolute Gasteiger partial charge is 0.313 e. The largest absolute Gasteiger partial charge is 0.495 e. The number of aliphatic hydroxyl groups is 1. The van der Waals surface area contributed by atoms with Crippen LogP contribution in [0.3, 0.4) is 0 Å². The number of carbonyl (C=O) groups excluding carboxylic acids is 2. The van der Waals surface area contributed by atoms with Gasteiger partial charge in [0.1, 0.15) is 11.4 Å². The number of methoxy groups -OCH3 is 1. The van der Waals surface area contributed by atoms with E-state index in [1.807, 2.05) is 5.38 Å². The monoisotopic (exact) mass is 368 g/mol. The Kier molecular flexibility index (Phi) is 5.82. The summed E-state index contributed by atoms with van der Waals surface area (Å²) in [6.07, 6.45) is 0. The Morgan fingerprint density at radius 2 is 2.08 bits per heavy atom. The van der Waals surface area contributed by atoms with Crippen molar-refractivity contribution in [1.82, 2.24) is 5.32 Å². The molecule has 1 aromatic heterocycles. The molecule has 0 unspecified atom stereocenters. The van der Waals surface area contributed by atoms with E-state index in [2.05, 4.69) is 10.6 Å². The first kappa shape index (κ1) is 18.3. The first-order valence-corrected chi connectivity index (χ1v) is 8.28. The van der Waals surface area contributed by atoms with E-state index in [-0.39, 0.29) is 12.2 Å². The van der Waals surface area contributed by atoms with Crippen LogP contribution in [0.1, 0.15) is 11.8 Å². The van der Waals surface area contributed by atoms with E-state index in [9.17, 15) is 14.7 Å². The fourth-order valence-corrected chi connectivity index (χ4v) is 2.92. The van der Waals surface area contributed by atoms with Crippen LogP contribution >= 0.6 is 22.9 Å². The summed E-state index contributed by atoms with van der Waals surface area (Å²) in [6.45, 7) is 1.48. The van der Waals surface area contributed by atoms with E-state index in [0.29, 0.717) is 15.6 Å². The molecule has 6 nitrogen and oxygen atoms in total. The highest BCUT2D eigenvalue weighted by molar-refractivity contribution is 7.10. The summed E-state index contributed by atoms with van der Waals surface area (Å²) < 4.78 is 5.10. The average Bonchev–Trinajstić information content (AvgIpc) is 3.08. The van der Waals surface area contributed by atoms with E-state index in [1.54, 1.807) is 31.2 Å². The summed E-state index contributed by atoms with van der Waals surface area (Å²) in [5.74, 6) is -1.36. The number of carbonyl (C=O) groups is 2. The normalized spacial score (nSPS) is 13.0. The molecule has 0 saturated carbocycles. The molecule has 2 aromatic rings. The summed E-state index contributed by atoms with van der Waals surface area (Å²) in [7, 11) is 1.44. The highest BCUT2D eigenvalue weighted by Crippen LogP contribution is 2.27. The second-order valence-corrected chi connectivity index (χ2v) is 6.62. The van der Waals surface area contributed by atoms with Gasteiger partial charge in [-0.15, -0.1) is 11.3 Å². The predicted molar refractivity (Wildman–Crippen MR) is 93.5 cm³/mol. The minimum Gasteiger partial charge on any atom is -0.495 e. The molecule has 0 saturated heterocycles. The van der Waals surface area contributed by atoms with Crippen molar-refractivity contribution in [2.24, 2.45) is 0 Å². The lowest BCUT2D eigenvalue weighted by molar-refractivity contribution is -0.136. The van der Waals surface area contributed by atoms with Crippen molar-refractivity contribution >= 4 is 40.4 Å². The summed E-state index contributed by atoms with van der Waals surface area (Å²) in [5.41, 5.74) is -0.965. The van der Waals surface area contributed by atoms with Crippen molar-refractivity contribution in [2.45, 2.75) is 12.5 Å². The van der Waals surface area contributed by atoms with Gasteiger partial charge in [0.25, 0.3) is 0 Å². The molecule has 0 aliphatic heterocycles. The maximum atomic E-state index is 12.0. The predicted octanol–water partition coefficient (Wildman–Crippen LogP) is 2.37. The molecule has 8 heteroatoms. The fraction of sp³-hybridized carbons (Fsp3) is 0.250. The third-order valence-corrected chi connectivity index (χ3v) is 4.62. The lowest BCUT2D eigenvalue weighted by Crippen LogP contribution is -2.43. The molecular weight excluding hydrogens is 352 g/mol. The van der Waals surface area contributed by atoms with Gasteiger partial charge in [0.05, 0.1) is 19.3 Å². The molecule has 3 N–H and O–H groups in total. The van der Waals surface area contributed by atoms with Crippen molar-refractivity contribution < 1.29 is 19.4 Å². The van der Waals surface area contributed by atoms with Gasteiger partial charge in [-0.2, -0.15) is 0 Å². The summed E-state index contributed by atoms with van der Waals surface area (Å²) in [4.78, 5) is 24.6. The Bertz CT molecular complexity index is 732. The second-order valence-electron chi connectivity index (χ2n) is 5.23. The van der Waals surface area contributed by atoms with E-state index >= 15 is 0 Å². The maximum absolute atomic E-state index is 12.0. The highest BCUT2D eigenvalue weighted by atomic mass is 35.5. The van der Waals surface area contributed by atoms with E-state index in [1.165, 1.54) is 24.5 Å². The number of benzene rings is 1. The molecule has 24 heavy (non-hydrogen) atoms. The molecule has 0 aliphatic carbocycles. The number of hydrogen-bond acceptors (Lipinski definition) is 5. The summed E-state index contributed by atoms with van der Waals surface area (Å²) in [6, 6.07) is 8.22. The molecule has 0 aliphatic rings. The minimum atomic E-state index is -1.25. The number of nitrogens with one attached hydrogen (secondary N) is 2. The lowest BCUT2D eigenvalue weighted by atomic mass is 10.1. The van der Waals surface area contributed by atoms with Crippen LogP contribution < -0.4 is 15.4 Å². The Morgan fingerprint density at radius 3 is 2.71 bits per heavy atom. The zero-order valence-electron chi connectivity index (χ0n) is 13.1. The van der Waals surface area contributed by atoms with Gasteiger partial charge in [-0.3, -0.25) is 9.59 Å². The van der Waals surface area contributed by atoms with Crippen LogP contribution in [-0.2, 0) is 15.2 Å². The zero-order chi connectivity index (χ0) is 17.7. The number of rotatable bonds is 5. The van der Waals surface area contributed by atoms with Crippen molar-refractivity contribution in [3.63, 3.8) is 0 Å². The van der Waals surface area contributed by atoms with Crippen molar-refractivity contribution in [2.75, 3.05) is 19.0 Å². The molecule has 2 amide bonds. The van der Waals surface area contributed by atoms with Gasteiger partial charge >= 0.3 is 11.8 Å². The third-order valence-electron chi connectivity index (χ3n) is 3.26. The van der Waals surface area contributed by atoms with E-state index < -0.39 is 17.4 Å². The first-order valence-electron chi connectivity index (χ1n) is 7.02. The zero-order valence-corrected chi connectivity index (χ0v) is 14.7. The first-order chi connectivity index (χ1) is 11.3. The summed E-state index contributed by atoms with van der Waals surface area (Å²) in [5, 5.41) is 17.4. The Hall–Kier alpha value is -2.09. The number of anilines is 1. The van der Waals surface area contributed by atoms with Crippen LogP contribution in [0, 0.1) is 0 Å². The fourth-order valence-electron chi connectivity index (χ4n) is 1.96. The van der Waals surface area contributed by atoms with Gasteiger partial charge in [0.2, 0.25) is 0 Å². The number of ether oxygens (including phenoxy) is 1. The molecule has 0 bridgehead atoms. The van der Waals surface area contributed by atoms with Crippen LogP contribution in [-0.4, -0.2) is 30.6 Å². The van der Waals surface area contributed by atoms with Gasteiger partial charge in [-0.1, -0.05) is 17.7 Å². The van der Waals surface area contributed by atoms with Crippen LogP contribution in [0.25, 0.3) is 0 Å². The molecular formula is C16H17ClN2O4S. The van der Waals surface area contributed by atoms with Crippen LogP contribution in [0.15, 0.2) is 35.7 Å². The second kappa shape index (κ2) is 7.65. The van der Waals surface area contributed by atoms with Crippen LogP contribution in [0.5, 0.6) is 5.75 Å². The number of amides is 2. The highest BCUT2D eigenvalue weighted by Gasteiger charge is 2.26. The van der Waals surface area contributed by atoms with Crippen molar-refractivity contribution in [3.8, 4) is 5.75 Å². The van der Waals surface area contributed by atoms with Crippen LogP contribution in [0.4, 0.5) is 5.69 Å². The summed E-state index contributed by atoms with van der Waals surface area (Å²) >= 11 is 7.24. The third kappa shape index (κ3) is 4.47. The van der Waals surface area contributed by atoms with Gasteiger partial charge in [-0.05, 0) is 36.6 Å². The van der Waals surface area contributed by atoms with Crippen molar-refractivity contribution in [3.05, 3.63) is 45.6 Å². The van der Waals surface area contributed by atoms with E-state index in [4.69, 9.17) is 16.3 Å².